The third-order valence-corrected chi connectivity index (χ3v) is 3.50. The summed E-state index contributed by atoms with van der Waals surface area (Å²) in [5.74, 6) is -7.66. The number of fused-ring (bicyclic) bond motifs is 2. The molecule has 2 bridgehead atoms. The van der Waals surface area contributed by atoms with Gasteiger partial charge in [-0.2, -0.15) is 17.6 Å². The zero-order valence-electron chi connectivity index (χ0n) is 7.94. The lowest BCUT2D eigenvalue weighted by Gasteiger charge is -2.27. The molecule has 14 heavy (non-hydrogen) atoms. The van der Waals surface area contributed by atoms with Crippen molar-refractivity contribution in [1.82, 2.24) is 4.90 Å². The highest BCUT2D eigenvalue weighted by Gasteiger charge is 2.61. The number of nitrogens with zero attached hydrogens (tertiary/aromatic N) is 1. The van der Waals surface area contributed by atoms with Crippen LogP contribution in [0.3, 0.4) is 0 Å². The van der Waals surface area contributed by atoms with Gasteiger partial charge in [-0.3, -0.25) is 0 Å². The van der Waals surface area contributed by atoms with Crippen LogP contribution < -0.4 is 0 Å². The van der Waals surface area contributed by atoms with Gasteiger partial charge in [0.15, 0.2) is 0 Å². The van der Waals surface area contributed by atoms with Gasteiger partial charge in [0.25, 0.3) is 0 Å². The van der Waals surface area contributed by atoms with E-state index in [-0.39, 0.29) is 12.1 Å². The lowest BCUT2D eigenvalue weighted by Crippen LogP contribution is -2.42. The van der Waals surface area contributed by atoms with Gasteiger partial charge in [0.1, 0.15) is 0 Å². The molecule has 2 heterocycles. The predicted molar refractivity (Wildman–Crippen MR) is 43.7 cm³/mol. The molecule has 0 aliphatic carbocycles. The maximum Gasteiger partial charge on any atom is 0.311 e. The first-order chi connectivity index (χ1) is 6.33. The molecule has 0 N–H and O–H groups in total. The minimum absolute atomic E-state index is 0.372. The van der Waals surface area contributed by atoms with E-state index in [1.54, 1.807) is 11.9 Å². The van der Waals surface area contributed by atoms with Crippen LogP contribution in [0.25, 0.3) is 0 Å². The van der Waals surface area contributed by atoms with Gasteiger partial charge < -0.3 is 4.90 Å². The molecule has 0 radical (unpaired) electrons. The van der Waals surface area contributed by atoms with E-state index < -0.39 is 24.7 Å². The molecule has 1 nitrogen and oxygen atoms in total. The van der Waals surface area contributed by atoms with E-state index in [9.17, 15) is 17.6 Å². The van der Waals surface area contributed by atoms with Crippen molar-refractivity contribution in [3.63, 3.8) is 0 Å². The maximum absolute atomic E-state index is 13.1. The van der Waals surface area contributed by atoms with Crippen molar-refractivity contribution in [2.45, 2.75) is 49.6 Å². The molecule has 2 aliphatic heterocycles. The van der Waals surface area contributed by atoms with Gasteiger partial charge in [0, 0.05) is 24.9 Å². The molecule has 2 saturated heterocycles. The van der Waals surface area contributed by atoms with E-state index in [0.29, 0.717) is 12.8 Å². The number of halogens is 4. The smallest absolute Gasteiger partial charge is 0.300 e. The average molecular weight is 211 g/mol. The fourth-order valence-electron chi connectivity index (χ4n) is 2.47. The Morgan fingerprint density at radius 2 is 1.29 bits per heavy atom. The first-order valence-corrected chi connectivity index (χ1v) is 4.81. The Kier molecular flexibility index (Phi) is 2.07. The maximum atomic E-state index is 13.1. The minimum Gasteiger partial charge on any atom is -0.300 e. The molecule has 82 valence electrons. The predicted octanol–water partition coefficient (Wildman–Crippen LogP) is 2.51. The summed E-state index contributed by atoms with van der Waals surface area (Å²) in [5.41, 5.74) is 0. The topological polar surface area (TPSA) is 3.24 Å². The third-order valence-electron chi connectivity index (χ3n) is 3.50. The third kappa shape index (κ3) is 1.33. The Labute approximate surface area is 80.1 Å². The van der Waals surface area contributed by atoms with E-state index in [0.717, 1.165) is 0 Å². The molecule has 2 unspecified atom stereocenters. The lowest BCUT2D eigenvalue weighted by atomic mass is 9.95. The van der Waals surface area contributed by atoms with Crippen LogP contribution in [-0.4, -0.2) is 35.9 Å². The summed E-state index contributed by atoms with van der Waals surface area (Å²) in [6, 6.07) is -0.744. The van der Waals surface area contributed by atoms with Crippen molar-refractivity contribution in [2.24, 2.45) is 0 Å². The number of alkyl halides is 4. The van der Waals surface area contributed by atoms with Gasteiger partial charge in [-0.25, -0.2) is 0 Å². The average Bonchev–Trinajstić information content (AvgIpc) is 2.31. The van der Waals surface area contributed by atoms with Gasteiger partial charge in [-0.15, -0.1) is 0 Å². The summed E-state index contributed by atoms with van der Waals surface area (Å²) in [5, 5.41) is 0. The van der Waals surface area contributed by atoms with Crippen LogP contribution in [0.1, 0.15) is 25.7 Å². The van der Waals surface area contributed by atoms with E-state index in [2.05, 4.69) is 0 Å². The highest BCUT2D eigenvalue weighted by molar-refractivity contribution is 5.01. The van der Waals surface area contributed by atoms with Crippen molar-refractivity contribution in [1.29, 1.82) is 0 Å². The van der Waals surface area contributed by atoms with Crippen molar-refractivity contribution in [2.75, 3.05) is 7.05 Å². The van der Waals surface area contributed by atoms with Gasteiger partial charge in [-0.1, -0.05) is 0 Å². The van der Waals surface area contributed by atoms with Crippen LogP contribution in [0.2, 0.25) is 0 Å². The Hall–Kier alpha value is -0.320. The lowest BCUT2D eigenvalue weighted by molar-refractivity contribution is -0.214. The van der Waals surface area contributed by atoms with Crippen LogP contribution >= 0.6 is 0 Å². The second-order valence-electron chi connectivity index (χ2n) is 4.37. The quantitative estimate of drug-likeness (QED) is 0.556. The highest BCUT2D eigenvalue weighted by Crippen LogP contribution is 2.48. The molecule has 0 amide bonds. The van der Waals surface area contributed by atoms with Crippen molar-refractivity contribution in [3.05, 3.63) is 0 Å². The van der Waals surface area contributed by atoms with E-state index in [1.165, 1.54) is 0 Å². The standard InChI is InChI=1S/C9H13F4N/c1-14-6-2-3-7(14)5-9(12,13)8(10,11)4-6/h6-7H,2-5H2,1H3. The van der Waals surface area contributed by atoms with E-state index >= 15 is 0 Å². The molecule has 0 aromatic rings. The molecular weight excluding hydrogens is 198 g/mol. The normalized spacial score (nSPS) is 40.9. The van der Waals surface area contributed by atoms with Gasteiger partial charge >= 0.3 is 11.8 Å². The van der Waals surface area contributed by atoms with Crippen molar-refractivity contribution in [3.8, 4) is 0 Å². The van der Waals surface area contributed by atoms with Crippen LogP contribution in [0.15, 0.2) is 0 Å². The van der Waals surface area contributed by atoms with Gasteiger partial charge in [0.05, 0.1) is 0 Å². The summed E-state index contributed by atoms with van der Waals surface area (Å²) >= 11 is 0. The second-order valence-corrected chi connectivity index (χ2v) is 4.37. The number of hydrogen-bond acceptors (Lipinski definition) is 1. The monoisotopic (exact) mass is 211 g/mol. The molecule has 2 rings (SSSR count). The molecular formula is C9H13F4N. The fourth-order valence-corrected chi connectivity index (χ4v) is 2.47. The summed E-state index contributed by atoms with van der Waals surface area (Å²) in [6.45, 7) is 0. The van der Waals surface area contributed by atoms with Gasteiger partial charge in [-0.05, 0) is 19.9 Å². The summed E-state index contributed by atoms with van der Waals surface area (Å²) in [7, 11) is 1.67. The molecule has 2 atom stereocenters. The molecule has 2 fully saturated rings. The molecule has 0 spiro atoms. The SMILES string of the molecule is CN1C2CCC1CC(F)(F)C(F)(F)C2. The largest absolute Gasteiger partial charge is 0.311 e. The zero-order valence-corrected chi connectivity index (χ0v) is 7.94. The number of rotatable bonds is 0. The van der Waals surface area contributed by atoms with Crippen LogP contribution in [0.4, 0.5) is 17.6 Å². The highest BCUT2D eigenvalue weighted by atomic mass is 19.3. The second kappa shape index (κ2) is 2.84. The summed E-state index contributed by atoms with van der Waals surface area (Å²) < 4.78 is 52.4. The zero-order chi connectivity index (χ0) is 10.6. The summed E-state index contributed by atoms with van der Waals surface area (Å²) in [6.07, 6.45) is -0.167. The Morgan fingerprint density at radius 1 is 0.929 bits per heavy atom. The fraction of sp³-hybridized carbons (Fsp3) is 1.00. The molecule has 5 heteroatoms. The number of hydrogen-bond donors (Lipinski definition) is 0. The van der Waals surface area contributed by atoms with Crippen molar-refractivity contribution >= 4 is 0 Å². The molecule has 2 aliphatic rings. The minimum atomic E-state index is -3.83. The molecule has 0 saturated carbocycles. The Morgan fingerprint density at radius 3 is 1.64 bits per heavy atom. The van der Waals surface area contributed by atoms with Crippen LogP contribution in [-0.2, 0) is 0 Å². The Balaban J connectivity index is 2.28. The first kappa shape index (κ1) is 10.2. The van der Waals surface area contributed by atoms with Crippen LogP contribution in [0.5, 0.6) is 0 Å². The molecule has 0 aromatic carbocycles. The van der Waals surface area contributed by atoms with Crippen LogP contribution in [0, 0.1) is 0 Å². The van der Waals surface area contributed by atoms with Crippen molar-refractivity contribution < 1.29 is 17.6 Å². The first-order valence-electron chi connectivity index (χ1n) is 4.81. The molecule has 0 aromatic heterocycles. The van der Waals surface area contributed by atoms with Gasteiger partial charge in [0.2, 0.25) is 0 Å². The van der Waals surface area contributed by atoms with E-state index in [4.69, 9.17) is 0 Å². The summed E-state index contributed by atoms with van der Waals surface area (Å²) in [4.78, 5) is 1.69. The van der Waals surface area contributed by atoms with E-state index in [1.807, 2.05) is 0 Å². The Bertz CT molecular complexity index is 217.